The molecule has 0 spiro atoms. The molecule has 0 N–H and O–H groups in total. The number of nitrogens with zero attached hydrogens (tertiary/aromatic N) is 4. The maximum Gasteiger partial charge on any atom is 0.0594 e. The van der Waals surface area contributed by atoms with Crippen LogP contribution in [0.15, 0.2) is 29.2 Å². The van der Waals surface area contributed by atoms with Crippen molar-refractivity contribution in [2.75, 3.05) is 32.8 Å². The van der Waals surface area contributed by atoms with Gasteiger partial charge in [-0.1, -0.05) is 0 Å². The molecule has 0 amide bonds. The van der Waals surface area contributed by atoms with Crippen LogP contribution in [0.25, 0.3) is 0 Å². The van der Waals surface area contributed by atoms with Gasteiger partial charge in [-0.25, -0.2) is 0 Å². The fourth-order valence-electron chi connectivity index (χ4n) is 4.13. The van der Waals surface area contributed by atoms with Crippen molar-refractivity contribution in [3.63, 3.8) is 0 Å². The van der Waals surface area contributed by atoms with Gasteiger partial charge in [0.2, 0.25) is 0 Å². The smallest absolute Gasteiger partial charge is 0.0594 e. The molecule has 0 aliphatic carbocycles. The molecule has 0 unspecified atom stereocenters. The van der Waals surface area contributed by atoms with Crippen LogP contribution in [0.4, 0.5) is 0 Å². The Balaban J connectivity index is 1.52. The van der Waals surface area contributed by atoms with Crippen LogP contribution in [0.1, 0.15) is 17.5 Å². The van der Waals surface area contributed by atoms with Crippen LogP contribution >= 0.6 is 11.3 Å². The summed E-state index contributed by atoms with van der Waals surface area (Å²) in [7, 11) is 2.00. The first-order valence-electron chi connectivity index (χ1n) is 8.84. The second-order valence-corrected chi connectivity index (χ2v) is 7.68. The van der Waals surface area contributed by atoms with E-state index in [1.165, 1.54) is 24.1 Å². The van der Waals surface area contributed by atoms with E-state index in [0.717, 1.165) is 39.3 Å². The Kier molecular flexibility index (Phi) is 4.98. The van der Waals surface area contributed by atoms with Crippen LogP contribution in [0.5, 0.6) is 0 Å². The first kappa shape index (κ1) is 16.3. The van der Waals surface area contributed by atoms with Gasteiger partial charge in [-0.2, -0.15) is 16.4 Å². The van der Waals surface area contributed by atoms with E-state index in [2.05, 4.69) is 37.9 Å². The van der Waals surface area contributed by atoms with E-state index in [1.54, 1.807) is 11.3 Å². The van der Waals surface area contributed by atoms with Gasteiger partial charge in [-0.15, -0.1) is 0 Å². The lowest BCUT2D eigenvalue weighted by Gasteiger charge is -2.37. The number of thiophene rings is 1. The molecule has 2 aromatic heterocycles. The Morgan fingerprint density at radius 1 is 1.25 bits per heavy atom. The van der Waals surface area contributed by atoms with Crippen LogP contribution in [0.3, 0.4) is 0 Å². The van der Waals surface area contributed by atoms with Gasteiger partial charge in [0.1, 0.15) is 0 Å². The first-order chi connectivity index (χ1) is 11.8. The molecule has 4 rings (SSSR count). The van der Waals surface area contributed by atoms with Crippen molar-refractivity contribution < 1.29 is 4.74 Å². The van der Waals surface area contributed by atoms with E-state index in [4.69, 9.17) is 4.74 Å². The molecule has 4 heterocycles. The number of aromatic nitrogens is 2. The van der Waals surface area contributed by atoms with Crippen molar-refractivity contribution in [2.24, 2.45) is 7.05 Å². The first-order valence-corrected chi connectivity index (χ1v) is 9.78. The topological polar surface area (TPSA) is 33.5 Å². The fourth-order valence-corrected chi connectivity index (χ4v) is 4.79. The largest absolute Gasteiger partial charge is 0.379 e. The maximum absolute atomic E-state index is 5.56. The molecule has 24 heavy (non-hydrogen) atoms. The summed E-state index contributed by atoms with van der Waals surface area (Å²) in [6, 6.07) is 3.45. The standard InChI is InChI=1S/C18H26N4OS/c1-20-12-16(11-19-20)10-18-17(21-5-7-23-8-6-21)2-4-22(18)13-15-3-9-24-14-15/h3,9,11-12,14,17-18H,2,4-8,10,13H2,1H3/t17-,18+/m1/s1. The van der Waals surface area contributed by atoms with Crippen LogP contribution in [-0.4, -0.2) is 64.5 Å². The number of hydrogen-bond donors (Lipinski definition) is 0. The van der Waals surface area contributed by atoms with Gasteiger partial charge in [0.05, 0.1) is 19.4 Å². The zero-order valence-electron chi connectivity index (χ0n) is 14.3. The maximum atomic E-state index is 5.56. The molecule has 2 saturated heterocycles. The Morgan fingerprint density at radius 2 is 2.12 bits per heavy atom. The van der Waals surface area contributed by atoms with E-state index in [1.807, 2.05) is 17.9 Å². The molecule has 2 aliphatic rings. The van der Waals surface area contributed by atoms with Gasteiger partial charge >= 0.3 is 0 Å². The summed E-state index contributed by atoms with van der Waals surface area (Å²) in [5, 5.41) is 8.83. The predicted molar refractivity (Wildman–Crippen MR) is 96.2 cm³/mol. The van der Waals surface area contributed by atoms with Gasteiger partial charge in [0.25, 0.3) is 0 Å². The highest BCUT2D eigenvalue weighted by Gasteiger charge is 2.38. The van der Waals surface area contributed by atoms with Crippen LogP contribution < -0.4 is 0 Å². The minimum absolute atomic E-state index is 0.562. The number of likely N-dealkylation sites (tertiary alicyclic amines) is 1. The zero-order chi connectivity index (χ0) is 16.4. The lowest BCUT2D eigenvalue weighted by molar-refractivity contribution is 0.00789. The SMILES string of the molecule is Cn1cc(C[C@H]2[C@H](N3CCOCC3)CCN2Cc2ccsc2)cn1. The Hall–Kier alpha value is -1.21. The van der Waals surface area contributed by atoms with Crippen LogP contribution in [0, 0.1) is 0 Å². The Morgan fingerprint density at radius 3 is 2.83 bits per heavy atom. The summed E-state index contributed by atoms with van der Waals surface area (Å²) in [6.45, 7) is 6.14. The summed E-state index contributed by atoms with van der Waals surface area (Å²) < 4.78 is 7.47. The molecule has 2 atom stereocenters. The minimum atomic E-state index is 0.562. The number of morpholine rings is 1. The van der Waals surface area contributed by atoms with E-state index in [0.29, 0.717) is 12.1 Å². The molecule has 0 aromatic carbocycles. The zero-order valence-corrected chi connectivity index (χ0v) is 15.1. The number of ether oxygens (including phenoxy) is 1. The third-order valence-corrected chi connectivity index (χ3v) is 6.04. The summed E-state index contributed by atoms with van der Waals surface area (Å²) in [5.74, 6) is 0. The minimum Gasteiger partial charge on any atom is -0.379 e. The molecule has 2 fully saturated rings. The third kappa shape index (κ3) is 3.57. The Bertz CT molecular complexity index is 635. The highest BCUT2D eigenvalue weighted by Crippen LogP contribution is 2.28. The predicted octanol–water partition coefficient (Wildman–Crippen LogP) is 2.00. The van der Waals surface area contributed by atoms with E-state index in [-0.39, 0.29) is 0 Å². The molecule has 5 nitrogen and oxygen atoms in total. The molecule has 0 bridgehead atoms. The van der Waals surface area contributed by atoms with Crippen molar-refractivity contribution in [3.8, 4) is 0 Å². The summed E-state index contributed by atoms with van der Waals surface area (Å²) in [5.41, 5.74) is 2.79. The molecular weight excluding hydrogens is 320 g/mol. The van der Waals surface area contributed by atoms with Gasteiger partial charge in [0, 0.05) is 51.5 Å². The van der Waals surface area contributed by atoms with Crippen LogP contribution in [-0.2, 0) is 24.8 Å². The molecule has 130 valence electrons. The van der Waals surface area contributed by atoms with Gasteiger partial charge in [0.15, 0.2) is 0 Å². The lowest BCUT2D eigenvalue weighted by Crippen LogP contribution is -2.50. The lowest BCUT2D eigenvalue weighted by atomic mass is 10.00. The van der Waals surface area contributed by atoms with E-state index >= 15 is 0 Å². The summed E-state index contributed by atoms with van der Waals surface area (Å²) >= 11 is 1.79. The van der Waals surface area contributed by atoms with Crippen LogP contribution in [0.2, 0.25) is 0 Å². The van der Waals surface area contributed by atoms with Gasteiger partial charge in [-0.3, -0.25) is 14.5 Å². The molecule has 0 saturated carbocycles. The second-order valence-electron chi connectivity index (χ2n) is 6.90. The fraction of sp³-hybridized carbons (Fsp3) is 0.611. The summed E-state index contributed by atoms with van der Waals surface area (Å²) in [6.07, 6.45) is 6.53. The molecule has 2 aliphatic heterocycles. The average molecular weight is 346 g/mol. The van der Waals surface area contributed by atoms with Gasteiger partial charge < -0.3 is 4.74 Å². The molecule has 2 aromatic rings. The molecular formula is C18H26N4OS. The average Bonchev–Trinajstić information content (AvgIpc) is 3.33. The second kappa shape index (κ2) is 7.35. The number of aryl methyl sites for hydroxylation is 1. The van der Waals surface area contributed by atoms with Crippen molar-refractivity contribution in [3.05, 3.63) is 40.3 Å². The number of rotatable bonds is 5. The normalized spacial score (nSPS) is 26.2. The third-order valence-electron chi connectivity index (χ3n) is 5.31. The molecule has 0 radical (unpaired) electrons. The van der Waals surface area contributed by atoms with E-state index in [9.17, 15) is 0 Å². The van der Waals surface area contributed by atoms with Crippen molar-refractivity contribution in [2.45, 2.75) is 31.5 Å². The van der Waals surface area contributed by atoms with E-state index < -0.39 is 0 Å². The molecule has 6 heteroatoms. The van der Waals surface area contributed by atoms with Crippen molar-refractivity contribution in [1.82, 2.24) is 19.6 Å². The van der Waals surface area contributed by atoms with Gasteiger partial charge in [-0.05, 0) is 40.8 Å². The number of hydrogen-bond acceptors (Lipinski definition) is 5. The highest BCUT2D eigenvalue weighted by atomic mass is 32.1. The van der Waals surface area contributed by atoms with Crippen molar-refractivity contribution >= 4 is 11.3 Å². The highest BCUT2D eigenvalue weighted by molar-refractivity contribution is 7.07. The monoisotopic (exact) mass is 346 g/mol. The Labute approximate surface area is 147 Å². The summed E-state index contributed by atoms with van der Waals surface area (Å²) in [4.78, 5) is 5.33. The van der Waals surface area contributed by atoms with Crippen molar-refractivity contribution in [1.29, 1.82) is 0 Å². The quantitative estimate of drug-likeness (QED) is 0.829.